The van der Waals surface area contributed by atoms with Crippen molar-refractivity contribution in [2.45, 2.75) is 25.7 Å². The van der Waals surface area contributed by atoms with Gasteiger partial charge in [0.05, 0.1) is 16.7 Å². The van der Waals surface area contributed by atoms with E-state index >= 15 is 0 Å². The number of hydrogen-bond donors (Lipinski definition) is 4. The third-order valence-corrected chi connectivity index (χ3v) is 8.20. The second-order valence-electron chi connectivity index (χ2n) is 9.28. The van der Waals surface area contributed by atoms with E-state index in [4.69, 9.17) is 0 Å². The van der Waals surface area contributed by atoms with Crippen LogP contribution in [0, 0.1) is 0 Å². The molecule has 40 heavy (non-hydrogen) atoms. The van der Waals surface area contributed by atoms with Gasteiger partial charge in [-0.05, 0) is 73.5 Å². The molecule has 2 aromatic heterocycles. The topological polar surface area (TPSA) is 105 Å². The number of halogens is 4. The van der Waals surface area contributed by atoms with E-state index in [9.17, 15) is 9.59 Å². The van der Waals surface area contributed by atoms with Crippen molar-refractivity contribution < 1.29 is 27.8 Å². The highest BCUT2D eigenvalue weighted by Crippen LogP contribution is 2.36. The molecule has 6 N–H and O–H groups in total. The lowest BCUT2D eigenvalue weighted by atomic mass is 9.98. The first kappa shape index (κ1) is 30.3. The molecule has 0 bridgehead atoms. The average Bonchev–Trinajstić information content (AvgIpc) is 3.49. The number of Topliss-reactive ketones (excluding diaryl/α,β-unsaturated/α-hetero) is 2. The molecule has 0 radical (unpaired) electrons. The molecule has 0 amide bonds. The summed E-state index contributed by atoms with van der Waals surface area (Å²) in [6.45, 7) is 0. The van der Waals surface area contributed by atoms with Gasteiger partial charge in [-0.2, -0.15) is 0 Å². The van der Waals surface area contributed by atoms with Crippen molar-refractivity contribution in [3.63, 3.8) is 0 Å². The molecule has 1 saturated carbocycles. The average molecular weight is 750 g/mol. The summed E-state index contributed by atoms with van der Waals surface area (Å²) in [7, 11) is 0. The molecule has 0 spiro atoms. The van der Waals surface area contributed by atoms with Crippen LogP contribution in [-0.4, -0.2) is 21.5 Å². The molecule has 0 saturated heterocycles. The van der Waals surface area contributed by atoms with Crippen molar-refractivity contribution >= 4 is 109 Å². The van der Waals surface area contributed by atoms with Gasteiger partial charge in [-0.15, -0.1) is 0 Å². The summed E-state index contributed by atoms with van der Waals surface area (Å²) in [6, 6.07) is 24.9. The minimum atomic E-state index is -0.170. The summed E-state index contributed by atoms with van der Waals surface area (Å²) in [6.07, 6.45) is 2.78. The number of aromatic nitrogens is 2. The molecule has 6 aromatic rings. The molecule has 2 heterocycles. The summed E-state index contributed by atoms with van der Waals surface area (Å²) < 4.78 is 3.28. The quantitative estimate of drug-likeness (QED) is 0.137. The number of carbonyl (C=O) groups is 2. The fraction of sp³-hybridized carbons (Fsp3) is 0.133. The molecular weight excluding hydrogens is 724 g/mol. The Morgan fingerprint density at radius 1 is 0.600 bits per heavy atom. The van der Waals surface area contributed by atoms with E-state index in [1.807, 2.05) is 24.3 Å². The molecule has 6 nitrogen and oxygen atoms in total. The highest BCUT2D eigenvalue weighted by molar-refractivity contribution is 9.11. The van der Waals surface area contributed by atoms with Gasteiger partial charge < -0.3 is 22.4 Å². The van der Waals surface area contributed by atoms with Crippen molar-refractivity contribution in [2.75, 3.05) is 5.43 Å². The molecule has 1 aliphatic carbocycles. The zero-order chi connectivity index (χ0) is 27.5. The van der Waals surface area contributed by atoms with Gasteiger partial charge in [0.25, 0.3) is 0 Å². The minimum absolute atomic E-state index is 0. The van der Waals surface area contributed by atoms with Crippen molar-refractivity contribution in [1.29, 1.82) is 0 Å². The predicted molar refractivity (Wildman–Crippen MR) is 170 cm³/mol. The highest BCUT2D eigenvalue weighted by atomic mass is 79.9. The molecule has 1 aliphatic rings. The number of ketones is 2. The third-order valence-electron chi connectivity index (χ3n) is 6.69. The summed E-state index contributed by atoms with van der Waals surface area (Å²) >= 11 is 10.4. The Labute approximate surface area is 262 Å². The molecule has 206 valence electrons. The second kappa shape index (κ2) is 13.3. The van der Waals surface area contributed by atoms with Crippen LogP contribution in [0.5, 0.6) is 0 Å². The lowest BCUT2D eigenvalue weighted by molar-refractivity contribution is -0.325. The van der Waals surface area contributed by atoms with Crippen LogP contribution < -0.4 is 23.7 Å². The first-order chi connectivity index (χ1) is 18.8. The van der Waals surface area contributed by atoms with Crippen LogP contribution in [0.1, 0.15) is 25.7 Å². The van der Waals surface area contributed by atoms with E-state index in [0.717, 1.165) is 54.0 Å². The van der Waals surface area contributed by atoms with Gasteiger partial charge in [-0.1, -0.05) is 59.9 Å². The minimum Gasteiger partial charge on any atom is -1.00 e. The van der Waals surface area contributed by atoms with Gasteiger partial charge in [-0.3, -0.25) is 15.4 Å². The Morgan fingerprint density at radius 3 is 1.43 bits per heavy atom. The third kappa shape index (κ3) is 6.61. The van der Waals surface area contributed by atoms with Crippen molar-refractivity contribution in [3.05, 3.63) is 86.2 Å². The van der Waals surface area contributed by atoms with Crippen LogP contribution >= 0.6 is 47.8 Å². The van der Waals surface area contributed by atoms with Crippen molar-refractivity contribution in [2.24, 2.45) is 0 Å². The molecule has 4 aromatic carbocycles. The van der Waals surface area contributed by atoms with Crippen LogP contribution in [-0.2, 0) is 9.59 Å². The number of rotatable bonds is 1. The van der Waals surface area contributed by atoms with Crippen LogP contribution in [0.25, 0.3) is 43.6 Å². The Bertz CT molecular complexity index is 1720. The monoisotopic (exact) mass is 746 g/mol. The van der Waals surface area contributed by atoms with Crippen LogP contribution in [0.15, 0.2) is 86.2 Å². The van der Waals surface area contributed by atoms with E-state index in [1.54, 1.807) is 0 Å². The maximum Gasteiger partial charge on any atom is 0.198 e. The number of quaternary nitrogens is 1. The number of benzene rings is 4. The number of H-pyrrole nitrogens is 2. The molecule has 0 unspecified atom stereocenters. The van der Waals surface area contributed by atoms with Crippen LogP contribution in [0.2, 0.25) is 0 Å². The Hall–Kier alpha value is -2.69. The molecule has 0 aliphatic heterocycles. The van der Waals surface area contributed by atoms with E-state index in [1.165, 1.54) is 21.5 Å². The smallest absolute Gasteiger partial charge is 0.198 e. The molecular formula is C30H26Br3ClN4O2. The predicted octanol–water partition coefficient (Wildman–Crippen LogP) is 5.20. The highest BCUT2D eigenvalue weighted by Gasteiger charge is 2.17. The van der Waals surface area contributed by atoms with E-state index in [0.29, 0.717) is 12.8 Å². The van der Waals surface area contributed by atoms with Gasteiger partial charge in [0.15, 0.2) is 11.6 Å². The van der Waals surface area contributed by atoms with Gasteiger partial charge in [0.2, 0.25) is 0 Å². The van der Waals surface area contributed by atoms with Crippen LogP contribution in [0.3, 0.4) is 0 Å². The standard InChI is InChI=1S/C18H10Br2N2.C6H7BrN2.C6H8O2.ClH/c19-9-1-5-15-13(7-9)11-3-4-12-14-8-10(20)2-6-16(14)22-18(12)17(11)21-15;7-5-1-3-6(9-8)4-2-5;7-5-3-1-2-4-6(5)8;/h1-8,21-22H;1-4,9H,8H2;1-4H2;1H. The zero-order valence-corrected chi connectivity index (χ0v) is 26.8. The summed E-state index contributed by atoms with van der Waals surface area (Å²) in [5.74, 6) is 3.18. The molecule has 7 rings (SSSR count). The van der Waals surface area contributed by atoms with Gasteiger partial charge in [-0.25, -0.2) is 5.43 Å². The zero-order valence-electron chi connectivity index (χ0n) is 21.3. The van der Waals surface area contributed by atoms with Gasteiger partial charge >= 0.3 is 0 Å². The summed E-state index contributed by atoms with van der Waals surface area (Å²) in [5, 5.41) is 4.97. The molecule has 0 atom stereocenters. The summed E-state index contributed by atoms with van der Waals surface area (Å²) in [5.41, 5.74) is 8.45. The number of hydrogen-bond acceptors (Lipinski definition) is 3. The fourth-order valence-corrected chi connectivity index (χ4v) is 5.68. The van der Waals surface area contributed by atoms with E-state index < -0.39 is 0 Å². The van der Waals surface area contributed by atoms with E-state index in [2.05, 4.69) is 118 Å². The van der Waals surface area contributed by atoms with Crippen LogP contribution in [0.4, 0.5) is 5.69 Å². The normalized spacial score (nSPS) is 13.0. The number of nitrogens with one attached hydrogen (secondary N) is 3. The molecule has 1 fully saturated rings. The number of fused-ring (bicyclic) bond motifs is 7. The lowest BCUT2D eigenvalue weighted by Crippen LogP contribution is -3.00. The lowest BCUT2D eigenvalue weighted by Gasteiger charge is -2.04. The van der Waals surface area contributed by atoms with Crippen molar-refractivity contribution in [1.82, 2.24) is 9.97 Å². The number of aromatic amines is 2. The molecule has 10 heteroatoms. The maximum atomic E-state index is 10.4. The Morgan fingerprint density at radius 2 is 1.02 bits per heavy atom. The second-order valence-corrected chi connectivity index (χ2v) is 12.0. The Balaban J connectivity index is 0.000000171. The first-order valence-electron chi connectivity index (χ1n) is 12.5. The first-order valence-corrected chi connectivity index (χ1v) is 14.9. The SMILES string of the molecule is Brc1ccc2[nH]c3c(ccc4c5cc(Br)ccc5[nH]c43)c2c1.O=C1CCCCC1=O.[Cl-].[NH3+]Nc1ccc(Br)cc1. The van der Waals surface area contributed by atoms with Gasteiger partial charge in [0, 0.05) is 58.8 Å². The number of carbonyl (C=O) groups excluding carboxylic acids is 2. The van der Waals surface area contributed by atoms with E-state index in [-0.39, 0.29) is 24.0 Å². The largest absolute Gasteiger partial charge is 1.00 e. The number of anilines is 1. The summed E-state index contributed by atoms with van der Waals surface area (Å²) in [4.78, 5) is 28.0. The maximum absolute atomic E-state index is 10.4. The van der Waals surface area contributed by atoms with Gasteiger partial charge in [0.1, 0.15) is 0 Å². The fourth-order valence-electron chi connectivity index (χ4n) is 4.69. The Kier molecular flexibility index (Phi) is 10.1. The van der Waals surface area contributed by atoms with Crippen molar-refractivity contribution in [3.8, 4) is 0 Å².